The SMILES string of the molecule is Cc1c(C(=O)N(C)Cc2ccc(N(C)C)cc2)oc2ccc(F)cc12. The quantitative estimate of drug-likeness (QED) is 0.713. The Bertz CT molecular complexity index is 913. The molecule has 4 nitrogen and oxygen atoms in total. The molecule has 3 aromatic rings. The van der Waals surface area contributed by atoms with Gasteiger partial charge >= 0.3 is 0 Å². The number of aryl methyl sites for hydroxylation is 1. The Morgan fingerprint density at radius 2 is 1.76 bits per heavy atom. The molecule has 0 fully saturated rings. The molecule has 3 rings (SSSR count). The van der Waals surface area contributed by atoms with Crippen LogP contribution < -0.4 is 4.90 Å². The number of rotatable bonds is 4. The molecule has 1 heterocycles. The molecule has 0 bridgehead atoms. The second kappa shape index (κ2) is 6.59. The zero-order chi connectivity index (χ0) is 18.1. The van der Waals surface area contributed by atoms with Gasteiger partial charge in [-0.2, -0.15) is 0 Å². The summed E-state index contributed by atoms with van der Waals surface area (Å²) in [7, 11) is 5.70. The lowest BCUT2D eigenvalue weighted by Gasteiger charge is -2.17. The summed E-state index contributed by atoms with van der Waals surface area (Å²) in [5, 5.41) is 0.632. The van der Waals surface area contributed by atoms with E-state index in [0.717, 1.165) is 11.3 Å². The molecule has 0 aliphatic heterocycles. The van der Waals surface area contributed by atoms with Gasteiger partial charge in [-0.3, -0.25) is 4.79 Å². The van der Waals surface area contributed by atoms with Gasteiger partial charge in [-0.05, 0) is 42.8 Å². The Balaban J connectivity index is 1.81. The number of fused-ring (bicyclic) bond motifs is 1. The molecular formula is C20H21FN2O2. The lowest BCUT2D eigenvalue weighted by atomic mass is 10.1. The van der Waals surface area contributed by atoms with Gasteiger partial charge in [-0.25, -0.2) is 4.39 Å². The molecule has 0 spiro atoms. The first-order valence-corrected chi connectivity index (χ1v) is 8.07. The van der Waals surface area contributed by atoms with E-state index in [1.54, 1.807) is 24.9 Å². The van der Waals surface area contributed by atoms with Crippen molar-refractivity contribution in [3.63, 3.8) is 0 Å². The third-order valence-electron chi connectivity index (χ3n) is 4.31. The molecule has 1 amide bonds. The molecule has 0 saturated heterocycles. The number of furan rings is 1. The maximum absolute atomic E-state index is 13.4. The van der Waals surface area contributed by atoms with Crippen molar-refractivity contribution in [2.24, 2.45) is 0 Å². The summed E-state index contributed by atoms with van der Waals surface area (Å²) in [5.41, 5.74) is 3.31. The van der Waals surface area contributed by atoms with Gasteiger partial charge in [0, 0.05) is 44.3 Å². The standard InChI is InChI=1S/C20H21FN2O2/c1-13-17-11-15(21)7-10-18(17)25-19(13)20(24)23(4)12-14-5-8-16(9-6-14)22(2)3/h5-11H,12H2,1-4H3. The molecule has 0 saturated carbocycles. The van der Waals surface area contributed by atoms with Crippen LogP contribution >= 0.6 is 0 Å². The van der Waals surface area contributed by atoms with Crippen LogP contribution in [0.2, 0.25) is 0 Å². The average molecular weight is 340 g/mol. The molecule has 0 unspecified atom stereocenters. The number of hydrogen-bond donors (Lipinski definition) is 0. The highest BCUT2D eigenvalue weighted by atomic mass is 19.1. The van der Waals surface area contributed by atoms with Crippen molar-refractivity contribution in [3.8, 4) is 0 Å². The van der Waals surface area contributed by atoms with E-state index in [1.807, 2.05) is 43.3 Å². The average Bonchev–Trinajstić information content (AvgIpc) is 2.91. The van der Waals surface area contributed by atoms with Gasteiger partial charge < -0.3 is 14.2 Å². The molecule has 2 aromatic carbocycles. The van der Waals surface area contributed by atoms with Crippen LogP contribution in [0.25, 0.3) is 11.0 Å². The second-order valence-corrected chi connectivity index (χ2v) is 6.42. The van der Waals surface area contributed by atoms with Crippen molar-refractivity contribution < 1.29 is 13.6 Å². The molecule has 1 aromatic heterocycles. The number of amides is 1. The van der Waals surface area contributed by atoms with Gasteiger partial charge in [0.1, 0.15) is 11.4 Å². The van der Waals surface area contributed by atoms with Crippen LogP contribution in [-0.4, -0.2) is 32.0 Å². The van der Waals surface area contributed by atoms with Crippen molar-refractivity contribution in [2.75, 3.05) is 26.0 Å². The smallest absolute Gasteiger partial charge is 0.289 e. The number of anilines is 1. The number of carbonyl (C=O) groups is 1. The van der Waals surface area contributed by atoms with E-state index in [-0.39, 0.29) is 17.5 Å². The summed E-state index contributed by atoms with van der Waals surface area (Å²) in [6, 6.07) is 12.3. The van der Waals surface area contributed by atoms with E-state index >= 15 is 0 Å². The highest BCUT2D eigenvalue weighted by Crippen LogP contribution is 2.27. The molecule has 0 N–H and O–H groups in total. The van der Waals surface area contributed by atoms with Gasteiger partial charge in [0.25, 0.3) is 5.91 Å². The predicted octanol–water partition coefficient (Wildman–Crippen LogP) is 4.22. The highest BCUT2D eigenvalue weighted by molar-refractivity contribution is 5.98. The third-order valence-corrected chi connectivity index (χ3v) is 4.31. The fraction of sp³-hybridized carbons (Fsp3) is 0.250. The number of hydrogen-bond acceptors (Lipinski definition) is 3. The first kappa shape index (κ1) is 17.0. The summed E-state index contributed by atoms with van der Waals surface area (Å²) in [6.45, 7) is 2.25. The van der Waals surface area contributed by atoms with Crippen molar-refractivity contribution >= 4 is 22.6 Å². The first-order valence-electron chi connectivity index (χ1n) is 8.07. The Morgan fingerprint density at radius 1 is 1.08 bits per heavy atom. The lowest BCUT2D eigenvalue weighted by Crippen LogP contribution is -2.26. The fourth-order valence-electron chi connectivity index (χ4n) is 2.82. The Labute approximate surface area is 146 Å². The minimum atomic E-state index is -0.343. The summed E-state index contributed by atoms with van der Waals surface area (Å²) in [6.07, 6.45) is 0. The van der Waals surface area contributed by atoms with Crippen molar-refractivity contribution in [2.45, 2.75) is 13.5 Å². The van der Waals surface area contributed by atoms with E-state index < -0.39 is 0 Å². The van der Waals surface area contributed by atoms with E-state index in [1.165, 1.54) is 12.1 Å². The first-order chi connectivity index (χ1) is 11.9. The minimum Gasteiger partial charge on any atom is -0.451 e. The molecule has 0 aliphatic carbocycles. The van der Waals surface area contributed by atoms with Crippen LogP contribution in [0.3, 0.4) is 0 Å². The summed E-state index contributed by atoms with van der Waals surface area (Å²) in [4.78, 5) is 16.4. The Kier molecular flexibility index (Phi) is 4.49. The number of halogens is 1. The van der Waals surface area contributed by atoms with Crippen LogP contribution in [0.15, 0.2) is 46.9 Å². The third kappa shape index (κ3) is 3.36. The number of benzene rings is 2. The Morgan fingerprint density at radius 3 is 2.40 bits per heavy atom. The van der Waals surface area contributed by atoms with Gasteiger partial charge in [0.15, 0.2) is 5.76 Å². The Hall–Kier alpha value is -2.82. The van der Waals surface area contributed by atoms with Crippen LogP contribution in [0.5, 0.6) is 0 Å². The van der Waals surface area contributed by atoms with Crippen molar-refractivity contribution in [1.82, 2.24) is 4.90 Å². The van der Waals surface area contributed by atoms with E-state index in [9.17, 15) is 9.18 Å². The largest absolute Gasteiger partial charge is 0.451 e. The van der Waals surface area contributed by atoms with E-state index in [4.69, 9.17) is 4.42 Å². The molecule has 0 atom stereocenters. The molecule has 25 heavy (non-hydrogen) atoms. The molecular weight excluding hydrogens is 319 g/mol. The maximum Gasteiger partial charge on any atom is 0.289 e. The zero-order valence-electron chi connectivity index (χ0n) is 14.8. The normalized spacial score (nSPS) is 10.9. The molecule has 130 valence electrons. The van der Waals surface area contributed by atoms with Crippen LogP contribution in [0.1, 0.15) is 21.7 Å². The minimum absolute atomic E-state index is 0.217. The van der Waals surface area contributed by atoms with Crippen molar-refractivity contribution in [1.29, 1.82) is 0 Å². The van der Waals surface area contributed by atoms with Crippen LogP contribution in [-0.2, 0) is 6.54 Å². The van der Waals surface area contributed by atoms with Gasteiger partial charge in [-0.1, -0.05) is 12.1 Å². The molecule has 0 radical (unpaired) electrons. The summed E-state index contributed by atoms with van der Waals surface area (Å²) >= 11 is 0. The van der Waals surface area contributed by atoms with E-state index in [2.05, 4.69) is 0 Å². The number of carbonyl (C=O) groups excluding carboxylic acids is 1. The maximum atomic E-state index is 13.4. The summed E-state index contributed by atoms with van der Waals surface area (Å²) in [5.74, 6) is -0.302. The zero-order valence-corrected chi connectivity index (χ0v) is 14.8. The second-order valence-electron chi connectivity index (χ2n) is 6.42. The van der Waals surface area contributed by atoms with Gasteiger partial charge in [0.05, 0.1) is 0 Å². The number of nitrogens with zero attached hydrogens (tertiary/aromatic N) is 2. The van der Waals surface area contributed by atoms with Gasteiger partial charge in [0.2, 0.25) is 0 Å². The fourth-order valence-corrected chi connectivity index (χ4v) is 2.82. The van der Waals surface area contributed by atoms with Crippen molar-refractivity contribution in [3.05, 3.63) is 65.2 Å². The molecule has 0 aliphatic rings. The van der Waals surface area contributed by atoms with Crippen LogP contribution in [0, 0.1) is 12.7 Å². The predicted molar refractivity (Wildman–Crippen MR) is 97.5 cm³/mol. The summed E-state index contributed by atoms with van der Waals surface area (Å²) < 4.78 is 19.1. The molecule has 5 heteroatoms. The van der Waals surface area contributed by atoms with E-state index in [0.29, 0.717) is 23.1 Å². The van der Waals surface area contributed by atoms with Crippen LogP contribution in [0.4, 0.5) is 10.1 Å². The highest BCUT2D eigenvalue weighted by Gasteiger charge is 2.21. The topological polar surface area (TPSA) is 36.7 Å². The van der Waals surface area contributed by atoms with Gasteiger partial charge in [-0.15, -0.1) is 0 Å². The monoisotopic (exact) mass is 340 g/mol. The lowest BCUT2D eigenvalue weighted by molar-refractivity contribution is 0.0755.